The van der Waals surface area contributed by atoms with Crippen molar-refractivity contribution in [1.82, 2.24) is 10.6 Å². The third-order valence-corrected chi connectivity index (χ3v) is 3.98. The summed E-state index contributed by atoms with van der Waals surface area (Å²) >= 11 is 1.41. The number of nitrogens with one attached hydrogen (secondary N) is 2. The highest BCUT2D eigenvalue weighted by Crippen LogP contribution is 2.30. The summed E-state index contributed by atoms with van der Waals surface area (Å²) in [6, 6.07) is 1.20. The van der Waals surface area contributed by atoms with Gasteiger partial charge in [0.2, 0.25) is 0 Å². The average Bonchev–Trinajstić information content (AvgIpc) is 2.96. The molecule has 0 unspecified atom stereocenters. The lowest BCUT2D eigenvalue weighted by Gasteiger charge is -2.04. The number of fused-ring (bicyclic) bond motifs is 1. The van der Waals surface area contributed by atoms with Gasteiger partial charge in [0.25, 0.3) is 5.91 Å². The highest BCUT2D eigenvalue weighted by atomic mass is 32.1. The summed E-state index contributed by atoms with van der Waals surface area (Å²) in [4.78, 5) is 35.5. The number of rotatable bonds is 3. The lowest BCUT2D eigenvalue weighted by molar-refractivity contribution is -0.123. The van der Waals surface area contributed by atoms with Gasteiger partial charge >= 0.3 is 12.0 Å². The minimum atomic E-state index is -0.656. The van der Waals surface area contributed by atoms with E-state index >= 15 is 0 Å². The third-order valence-electron chi connectivity index (χ3n) is 2.76. The fraction of sp³-hybridized carbons (Fsp3) is 0.417. The number of urea groups is 1. The zero-order chi connectivity index (χ0) is 13.8. The molecule has 19 heavy (non-hydrogen) atoms. The van der Waals surface area contributed by atoms with Gasteiger partial charge in [-0.25, -0.2) is 9.59 Å². The molecule has 0 saturated heterocycles. The standard InChI is InChI=1S/C12H14N2O4S/c1-13-12(17)14-10(15)6-18-11(16)9-5-7-3-2-4-8(7)19-9/h5H,2-4,6H2,1H3,(H2,13,14,15,17). The molecule has 2 rings (SSSR count). The third kappa shape index (κ3) is 3.31. The monoisotopic (exact) mass is 282 g/mol. The van der Waals surface area contributed by atoms with E-state index in [4.69, 9.17) is 4.74 Å². The zero-order valence-corrected chi connectivity index (χ0v) is 11.3. The minimum absolute atomic E-state index is 0.463. The average molecular weight is 282 g/mol. The number of ether oxygens (including phenoxy) is 1. The summed E-state index contributed by atoms with van der Waals surface area (Å²) in [7, 11) is 1.39. The smallest absolute Gasteiger partial charge is 0.348 e. The number of carbonyl (C=O) groups excluding carboxylic acids is 3. The predicted molar refractivity (Wildman–Crippen MR) is 69.2 cm³/mol. The van der Waals surface area contributed by atoms with Gasteiger partial charge in [0, 0.05) is 11.9 Å². The number of aryl methyl sites for hydroxylation is 2. The molecule has 1 aromatic rings. The Morgan fingerprint density at radius 2 is 2.16 bits per heavy atom. The van der Waals surface area contributed by atoms with Gasteiger partial charge in [0.05, 0.1) is 0 Å². The lowest BCUT2D eigenvalue weighted by Crippen LogP contribution is -2.39. The number of hydrogen-bond donors (Lipinski definition) is 2. The van der Waals surface area contributed by atoms with E-state index in [1.807, 2.05) is 11.4 Å². The first-order chi connectivity index (χ1) is 9.10. The number of amides is 3. The van der Waals surface area contributed by atoms with Crippen molar-refractivity contribution in [2.45, 2.75) is 19.3 Å². The largest absolute Gasteiger partial charge is 0.451 e. The molecular formula is C12H14N2O4S. The topological polar surface area (TPSA) is 84.5 Å². The van der Waals surface area contributed by atoms with Crippen LogP contribution in [0.25, 0.3) is 0 Å². The van der Waals surface area contributed by atoms with Crippen LogP contribution in [0.4, 0.5) is 4.79 Å². The number of esters is 1. The summed E-state index contributed by atoms with van der Waals surface area (Å²) in [5, 5.41) is 4.24. The zero-order valence-electron chi connectivity index (χ0n) is 10.4. The molecule has 0 aromatic carbocycles. The maximum absolute atomic E-state index is 11.7. The summed E-state index contributed by atoms with van der Waals surface area (Å²) < 4.78 is 4.85. The number of imide groups is 1. The lowest BCUT2D eigenvalue weighted by atomic mass is 10.2. The van der Waals surface area contributed by atoms with Crippen molar-refractivity contribution < 1.29 is 19.1 Å². The summed E-state index contributed by atoms with van der Waals surface area (Å²) in [6.07, 6.45) is 3.13. The highest BCUT2D eigenvalue weighted by molar-refractivity contribution is 7.14. The van der Waals surface area contributed by atoms with Crippen LogP contribution in [0.3, 0.4) is 0 Å². The van der Waals surface area contributed by atoms with Crippen LogP contribution in [0, 0.1) is 0 Å². The molecule has 0 radical (unpaired) electrons. The Morgan fingerprint density at radius 1 is 1.37 bits per heavy atom. The molecule has 3 amide bonds. The van der Waals surface area contributed by atoms with E-state index < -0.39 is 24.5 Å². The first-order valence-electron chi connectivity index (χ1n) is 5.90. The van der Waals surface area contributed by atoms with Gasteiger partial charge in [-0.05, 0) is 30.9 Å². The van der Waals surface area contributed by atoms with Crippen LogP contribution in [0.15, 0.2) is 6.07 Å². The van der Waals surface area contributed by atoms with Crippen LogP contribution in [-0.4, -0.2) is 31.6 Å². The maximum atomic E-state index is 11.7. The number of hydrogen-bond acceptors (Lipinski definition) is 5. The Bertz CT molecular complexity index is 502. The Morgan fingerprint density at radius 3 is 2.84 bits per heavy atom. The molecule has 1 heterocycles. The SMILES string of the molecule is CNC(=O)NC(=O)COC(=O)c1cc2c(s1)CCC2. The molecule has 1 aliphatic rings. The van der Waals surface area contributed by atoms with Crippen LogP contribution in [-0.2, 0) is 22.4 Å². The summed E-state index contributed by atoms with van der Waals surface area (Å²) in [5.74, 6) is -1.18. The molecule has 1 aliphatic carbocycles. The van der Waals surface area contributed by atoms with Gasteiger partial charge in [-0.2, -0.15) is 0 Å². The molecule has 102 valence electrons. The Labute approximate surface area is 114 Å². The molecule has 0 aliphatic heterocycles. The van der Waals surface area contributed by atoms with E-state index in [0.29, 0.717) is 4.88 Å². The van der Waals surface area contributed by atoms with Crippen molar-refractivity contribution in [2.24, 2.45) is 0 Å². The first-order valence-corrected chi connectivity index (χ1v) is 6.72. The van der Waals surface area contributed by atoms with Crippen molar-refractivity contribution >= 4 is 29.2 Å². The van der Waals surface area contributed by atoms with Crippen molar-refractivity contribution in [3.63, 3.8) is 0 Å². The predicted octanol–water partition coefficient (Wildman–Crippen LogP) is 0.849. The van der Waals surface area contributed by atoms with Gasteiger partial charge in [-0.1, -0.05) is 0 Å². The van der Waals surface area contributed by atoms with Gasteiger partial charge in [0.15, 0.2) is 6.61 Å². The van der Waals surface area contributed by atoms with Crippen molar-refractivity contribution in [2.75, 3.05) is 13.7 Å². The summed E-state index contributed by atoms with van der Waals surface area (Å²) in [6.45, 7) is -0.463. The molecule has 7 heteroatoms. The first kappa shape index (κ1) is 13.5. The minimum Gasteiger partial charge on any atom is -0.451 e. The normalized spacial score (nSPS) is 12.7. The molecule has 2 N–H and O–H groups in total. The van der Waals surface area contributed by atoms with Gasteiger partial charge in [-0.15, -0.1) is 11.3 Å². The fourth-order valence-electron chi connectivity index (χ4n) is 1.86. The Balaban J connectivity index is 1.84. The Kier molecular flexibility index (Phi) is 4.16. The van der Waals surface area contributed by atoms with E-state index in [0.717, 1.165) is 19.3 Å². The van der Waals surface area contributed by atoms with Crippen molar-refractivity contribution in [1.29, 1.82) is 0 Å². The van der Waals surface area contributed by atoms with Crippen LogP contribution in [0.1, 0.15) is 26.5 Å². The highest BCUT2D eigenvalue weighted by Gasteiger charge is 2.20. The second kappa shape index (κ2) is 5.83. The van der Waals surface area contributed by atoms with E-state index in [9.17, 15) is 14.4 Å². The number of carbonyl (C=O) groups is 3. The van der Waals surface area contributed by atoms with Crippen LogP contribution in [0.2, 0.25) is 0 Å². The second-order valence-electron chi connectivity index (χ2n) is 4.12. The molecule has 0 bridgehead atoms. The van der Waals surface area contributed by atoms with E-state index in [1.165, 1.54) is 28.8 Å². The van der Waals surface area contributed by atoms with E-state index in [1.54, 1.807) is 0 Å². The van der Waals surface area contributed by atoms with Crippen molar-refractivity contribution in [3.05, 3.63) is 21.4 Å². The quantitative estimate of drug-likeness (QED) is 0.805. The van der Waals surface area contributed by atoms with E-state index in [-0.39, 0.29) is 0 Å². The Hall–Kier alpha value is -1.89. The van der Waals surface area contributed by atoms with E-state index in [2.05, 4.69) is 5.32 Å². The molecule has 1 aromatic heterocycles. The summed E-state index contributed by atoms with van der Waals surface area (Å²) in [5.41, 5.74) is 1.20. The van der Waals surface area contributed by atoms with Gasteiger partial charge < -0.3 is 10.1 Å². The molecule has 0 saturated carbocycles. The van der Waals surface area contributed by atoms with Gasteiger partial charge in [-0.3, -0.25) is 10.1 Å². The fourth-order valence-corrected chi connectivity index (χ4v) is 3.00. The van der Waals surface area contributed by atoms with Crippen LogP contribution in [0.5, 0.6) is 0 Å². The van der Waals surface area contributed by atoms with Crippen molar-refractivity contribution in [3.8, 4) is 0 Å². The molecule has 0 fully saturated rings. The van der Waals surface area contributed by atoms with Gasteiger partial charge in [0.1, 0.15) is 4.88 Å². The molecular weight excluding hydrogens is 268 g/mol. The second-order valence-corrected chi connectivity index (χ2v) is 5.25. The molecule has 6 nitrogen and oxygen atoms in total. The van der Waals surface area contributed by atoms with Crippen LogP contribution >= 0.6 is 11.3 Å². The number of thiophene rings is 1. The molecule has 0 atom stereocenters. The molecule has 0 spiro atoms. The maximum Gasteiger partial charge on any atom is 0.348 e. The van der Waals surface area contributed by atoms with Crippen LogP contribution < -0.4 is 10.6 Å².